The fraction of sp³-hybridized carbons (Fsp3) is 0.333. The Morgan fingerprint density at radius 1 is 1.28 bits per heavy atom. The lowest BCUT2D eigenvalue weighted by molar-refractivity contribution is -0.141. The number of methoxy groups -OCH3 is 1. The molecule has 132 valence electrons. The van der Waals surface area contributed by atoms with Crippen LogP contribution in [0.15, 0.2) is 18.2 Å². The molecule has 0 bridgehead atoms. The van der Waals surface area contributed by atoms with Crippen LogP contribution in [0, 0.1) is 0 Å². The molecular formula is C15H14ClN3O6. The summed E-state index contributed by atoms with van der Waals surface area (Å²) in [5.74, 6) is -0.628. The minimum absolute atomic E-state index is 0.00418. The van der Waals surface area contributed by atoms with Crippen LogP contribution < -0.4 is 9.47 Å². The molecule has 0 aliphatic carbocycles. The molecule has 0 saturated carbocycles. The molecule has 10 heteroatoms. The Morgan fingerprint density at radius 2 is 2.04 bits per heavy atom. The smallest absolute Gasteiger partial charge is 0.408 e. The van der Waals surface area contributed by atoms with Crippen molar-refractivity contribution >= 4 is 34.7 Å². The van der Waals surface area contributed by atoms with E-state index < -0.39 is 24.2 Å². The zero-order chi connectivity index (χ0) is 18.1. The van der Waals surface area contributed by atoms with Crippen LogP contribution in [-0.2, 0) is 4.79 Å². The van der Waals surface area contributed by atoms with Gasteiger partial charge in [0.1, 0.15) is 17.9 Å². The summed E-state index contributed by atoms with van der Waals surface area (Å²) >= 11 is 6.08. The van der Waals surface area contributed by atoms with Gasteiger partial charge < -0.3 is 19.7 Å². The predicted octanol–water partition coefficient (Wildman–Crippen LogP) is 1.88. The molecule has 2 atom stereocenters. The molecule has 0 spiro atoms. The van der Waals surface area contributed by atoms with E-state index in [1.165, 1.54) is 7.11 Å². The van der Waals surface area contributed by atoms with E-state index in [0.29, 0.717) is 16.8 Å². The fourth-order valence-corrected chi connectivity index (χ4v) is 2.86. The van der Waals surface area contributed by atoms with Gasteiger partial charge in [0.2, 0.25) is 0 Å². The Balaban J connectivity index is 1.86. The Kier molecular flexibility index (Phi) is 4.49. The number of ether oxygens (including phenoxy) is 2. The van der Waals surface area contributed by atoms with Crippen molar-refractivity contribution in [1.82, 2.24) is 14.9 Å². The average Bonchev–Trinajstić information content (AvgIpc) is 2.99. The molecule has 3 rings (SSSR count). The Bertz CT molecular complexity index is 823. The maximum atomic E-state index is 11.2. The normalized spacial score (nSPS) is 19.8. The quantitative estimate of drug-likeness (QED) is 0.839. The number of rotatable bonds is 4. The van der Waals surface area contributed by atoms with Crippen LogP contribution >= 0.6 is 11.6 Å². The molecule has 1 fully saturated rings. The maximum absolute atomic E-state index is 11.2. The van der Waals surface area contributed by atoms with Gasteiger partial charge in [-0.2, -0.15) is 0 Å². The van der Waals surface area contributed by atoms with E-state index in [1.807, 2.05) is 0 Å². The number of fused-ring (bicyclic) bond motifs is 1. The predicted molar refractivity (Wildman–Crippen MR) is 86.3 cm³/mol. The second kappa shape index (κ2) is 6.60. The van der Waals surface area contributed by atoms with E-state index in [4.69, 9.17) is 31.3 Å². The zero-order valence-corrected chi connectivity index (χ0v) is 13.8. The van der Waals surface area contributed by atoms with Gasteiger partial charge in [-0.1, -0.05) is 11.6 Å². The molecule has 2 aromatic rings. The molecule has 1 saturated heterocycles. The molecule has 1 amide bonds. The number of hydrogen-bond acceptors (Lipinski definition) is 6. The van der Waals surface area contributed by atoms with Crippen molar-refractivity contribution < 1.29 is 29.3 Å². The average molecular weight is 368 g/mol. The van der Waals surface area contributed by atoms with Gasteiger partial charge in [0.25, 0.3) is 5.88 Å². The van der Waals surface area contributed by atoms with Crippen LogP contribution in [0.1, 0.15) is 6.42 Å². The van der Waals surface area contributed by atoms with Crippen LogP contribution in [0.25, 0.3) is 11.0 Å². The lowest BCUT2D eigenvalue weighted by Gasteiger charge is -2.16. The van der Waals surface area contributed by atoms with Gasteiger partial charge in [-0.3, -0.25) is 4.90 Å². The highest BCUT2D eigenvalue weighted by atomic mass is 35.5. The number of likely N-dealkylation sites (tertiary alicyclic amines) is 1. The number of aromatic nitrogens is 2. The monoisotopic (exact) mass is 367 g/mol. The van der Waals surface area contributed by atoms with E-state index in [2.05, 4.69) is 9.97 Å². The maximum Gasteiger partial charge on any atom is 0.408 e. The Hall–Kier alpha value is -2.81. The van der Waals surface area contributed by atoms with Crippen molar-refractivity contribution in [2.45, 2.75) is 18.6 Å². The first-order chi connectivity index (χ1) is 11.9. The van der Waals surface area contributed by atoms with Gasteiger partial charge in [-0.25, -0.2) is 19.6 Å². The molecular weight excluding hydrogens is 354 g/mol. The summed E-state index contributed by atoms with van der Waals surface area (Å²) in [6, 6.07) is 3.89. The third-order valence-electron chi connectivity index (χ3n) is 3.87. The Labute approximate surface area is 146 Å². The molecule has 0 unspecified atom stereocenters. The second-order valence-electron chi connectivity index (χ2n) is 5.44. The highest BCUT2D eigenvalue weighted by Crippen LogP contribution is 2.29. The minimum atomic E-state index is -1.32. The summed E-state index contributed by atoms with van der Waals surface area (Å²) in [6.07, 6.45) is -2.01. The topological polar surface area (TPSA) is 122 Å². The SMILES string of the molecule is COc1ccc2nc(Cl)c(O[C@@H]3C[C@@H](C(=O)O)N(C(=O)O)C3)nc2c1. The van der Waals surface area contributed by atoms with Crippen LogP contribution in [0.5, 0.6) is 11.6 Å². The molecule has 25 heavy (non-hydrogen) atoms. The van der Waals surface area contributed by atoms with Crippen molar-refractivity contribution in [3.05, 3.63) is 23.4 Å². The summed E-state index contributed by atoms with van der Waals surface area (Å²) in [5.41, 5.74) is 1.03. The standard InChI is InChI=1S/C15H14ClN3O6/c1-24-7-2-3-9-10(4-7)18-13(12(16)17-9)25-8-5-11(14(20)21)19(6-8)15(22)23/h2-4,8,11H,5-6H2,1H3,(H,20,21)(H,22,23)/t8-,11+/m1/s1. The van der Waals surface area contributed by atoms with Crippen LogP contribution in [-0.4, -0.2) is 62.9 Å². The number of carboxylic acids is 1. The van der Waals surface area contributed by atoms with Crippen molar-refractivity contribution in [3.8, 4) is 11.6 Å². The van der Waals surface area contributed by atoms with Gasteiger partial charge >= 0.3 is 12.1 Å². The molecule has 1 aromatic carbocycles. The number of hydrogen-bond donors (Lipinski definition) is 2. The minimum Gasteiger partial charge on any atom is -0.497 e. The molecule has 1 aliphatic heterocycles. The summed E-state index contributed by atoms with van der Waals surface area (Å²) in [5, 5.41) is 18.3. The first-order valence-electron chi connectivity index (χ1n) is 7.29. The summed E-state index contributed by atoms with van der Waals surface area (Å²) < 4.78 is 10.8. The summed E-state index contributed by atoms with van der Waals surface area (Å²) in [7, 11) is 1.52. The summed E-state index contributed by atoms with van der Waals surface area (Å²) in [4.78, 5) is 31.6. The van der Waals surface area contributed by atoms with Gasteiger partial charge in [0.15, 0.2) is 5.15 Å². The number of aliphatic carboxylic acids is 1. The van der Waals surface area contributed by atoms with Crippen LogP contribution in [0.3, 0.4) is 0 Å². The highest BCUT2D eigenvalue weighted by Gasteiger charge is 2.41. The van der Waals surface area contributed by atoms with E-state index in [-0.39, 0.29) is 24.0 Å². The fourth-order valence-electron chi connectivity index (χ4n) is 2.68. The third kappa shape index (κ3) is 3.36. The first-order valence-corrected chi connectivity index (χ1v) is 7.67. The van der Waals surface area contributed by atoms with Gasteiger partial charge in [-0.15, -0.1) is 0 Å². The van der Waals surface area contributed by atoms with E-state index >= 15 is 0 Å². The first kappa shape index (κ1) is 17.0. The lowest BCUT2D eigenvalue weighted by Crippen LogP contribution is -2.39. The number of halogens is 1. The van der Waals surface area contributed by atoms with Gasteiger partial charge in [-0.05, 0) is 12.1 Å². The molecule has 9 nitrogen and oxygen atoms in total. The zero-order valence-electron chi connectivity index (χ0n) is 13.0. The number of amides is 1. The van der Waals surface area contributed by atoms with Crippen molar-refractivity contribution in [2.24, 2.45) is 0 Å². The van der Waals surface area contributed by atoms with Crippen molar-refractivity contribution in [3.63, 3.8) is 0 Å². The Morgan fingerprint density at radius 3 is 2.64 bits per heavy atom. The van der Waals surface area contributed by atoms with Crippen molar-refractivity contribution in [1.29, 1.82) is 0 Å². The largest absolute Gasteiger partial charge is 0.497 e. The van der Waals surface area contributed by atoms with Gasteiger partial charge in [0.05, 0.1) is 24.7 Å². The molecule has 1 aromatic heterocycles. The second-order valence-corrected chi connectivity index (χ2v) is 5.80. The van der Waals surface area contributed by atoms with E-state index in [0.717, 1.165) is 4.90 Å². The molecule has 1 aliphatic rings. The highest BCUT2D eigenvalue weighted by molar-refractivity contribution is 6.31. The number of benzene rings is 1. The number of nitrogens with zero attached hydrogens (tertiary/aromatic N) is 3. The molecule has 2 heterocycles. The van der Waals surface area contributed by atoms with Gasteiger partial charge in [0, 0.05) is 12.5 Å². The number of carbonyl (C=O) groups is 2. The van der Waals surface area contributed by atoms with Crippen LogP contribution in [0.4, 0.5) is 4.79 Å². The van der Waals surface area contributed by atoms with E-state index in [1.54, 1.807) is 18.2 Å². The third-order valence-corrected chi connectivity index (χ3v) is 4.12. The molecule has 0 radical (unpaired) electrons. The number of carboxylic acid groups (broad SMARTS) is 2. The lowest BCUT2D eigenvalue weighted by atomic mass is 10.2. The van der Waals surface area contributed by atoms with Crippen molar-refractivity contribution in [2.75, 3.05) is 13.7 Å². The molecule has 2 N–H and O–H groups in total. The summed E-state index contributed by atoms with van der Waals surface area (Å²) in [6.45, 7) is -0.0968. The van der Waals surface area contributed by atoms with Crippen LogP contribution in [0.2, 0.25) is 5.15 Å². The van der Waals surface area contributed by atoms with E-state index in [9.17, 15) is 9.59 Å².